The summed E-state index contributed by atoms with van der Waals surface area (Å²) in [4.78, 5) is 4.89. The lowest BCUT2D eigenvalue weighted by Gasteiger charge is -2.35. The summed E-state index contributed by atoms with van der Waals surface area (Å²) in [6, 6.07) is 31.7. The summed E-state index contributed by atoms with van der Waals surface area (Å²) >= 11 is 0. The summed E-state index contributed by atoms with van der Waals surface area (Å²) in [5, 5.41) is 0. The highest BCUT2D eigenvalue weighted by molar-refractivity contribution is 6.06. The van der Waals surface area contributed by atoms with E-state index in [1.807, 2.05) is 0 Å². The van der Waals surface area contributed by atoms with Gasteiger partial charge in [-0.3, -0.25) is 0 Å². The van der Waals surface area contributed by atoms with Crippen LogP contribution in [0.3, 0.4) is 0 Å². The predicted molar refractivity (Wildman–Crippen MR) is 145 cm³/mol. The highest BCUT2D eigenvalue weighted by Crippen LogP contribution is 2.51. The first-order valence-corrected chi connectivity index (χ1v) is 12.2. The summed E-state index contributed by atoms with van der Waals surface area (Å²) in [5.41, 5.74) is 12.9. The number of aryl methyl sites for hydroxylation is 1. The molecule has 1 heterocycles. The Morgan fingerprint density at radius 2 is 1.06 bits per heavy atom. The molecule has 0 amide bonds. The van der Waals surface area contributed by atoms with Gasteiger partial charge < -0.3 is 9.80 Å². The molecule has 2 aliphatic rings. The number of fused-ring (bicyclic) bond motifs is 8. The third-order valence-electron chi connectivity index (χ3n) is 7.39. The van der Waals surface area contributed by atoms with E-state index in [0.717, 1.165) is 0 Å². The molecule has 0 spiro atoms. The first kappa shape index (κ1) is 20.8. The van der Waals surface area contributed by atoms with Crippen LogP contribution in [0, 0.1) is 6.92 Å². The second-order valence-electron chi connectivity index (χ2n) is 9.67. The quantitative estimate of drug-likeness (QED) is 0.271. The van der Waals surface area contributed by atoms with Crippen LogP contribution in [-0.4, -0.2) is 17.1 Å². The number of hydrogen-bond donors (Lipinski definition) is 0. The van der Waals surface area contributed by atoms with Crippen LogP contribution in [0.1, 0.15) is 26.3 Å². The summed E-state index contributed by atoms with van der Waals surface area (Å²) in [6.45, 7) is 9.07. The minimum Gasteiger partial charge on any atom is -0.353 e. The van der Waals surface area contributed by atoms with Crippen molar-refractivity contribution >= 4 is 5.69 Å². The number of hydrogen-bond acceptors (Lipinski definition) is 2. The van der Waals surface area contributed by atoms with Crippen molar-refractivity contribution in [2.45, 2.75) is 39.9 Å². The lowest BCUT2D eigenvalue weighted by atomic mass is 9.79. The SMILES string of the molecule is Cc1ccc2c(c1N1C=CN(C(C)C)[C@@H]1C)-c1ccccc1-c1ccccc1-c1ccccc1-2. The van der Waals surface area contributed by atoms with Gasteiger partial charge in [0, 0.05) is 24.0 Å². The first-order valence-electron chi connectivity index (χ1n) is 12.2. The van der Waals surface area contributed by atoms with Crippen molar-refractivity contribution in [3.8, 4) is 44.5 Å². The summed E-state index contributed by atoms with van der Waals surface area (Å²) in [7, 11) is 0. The molecule has 168 valence electrons. The summed E-state index contributed by atoms with van der Waals surface area (Å²) < 4.78 is 0. The number of anilines is 1. The topological polar surface area (TPSA) is 6.48 Å². The van der Waals surface area contributed by atoms with Gasteiger partial charge in [-0.25, -0.2) is 0 Å². The van der Waals surface area contributed by atoms with Gasteiger partial charge in [0.15, 0.2) is 0 Å². The average molecular weight is 443 g/mol. The zero-order chi connectivity index (χ0) is 23.4. The van der Waals surface area contributed by atoms with Crippen LogP contribution in [-0.2, 0) is 0 Å². The van der Waals surface area contributed by atoms with Crippen molar-refractivity contribution in [2.24, 2.45) is 0 Å². The van der Waals surface area contributed by atoms with E-state index in [-0.39, 0.29) is 6.17 Å². The standard InChI is InChI=1S/C32H30N2/c1-21(2)33-19-20-34(23(33)4)32-22(3)17-18-30-28-15-8-7-13-26(28)24-11-5-6-12-25(24)27-14-9-10-16-29(27)31(30)32/h5-21,23H,1-4H3/t23-/m0/s1. The van der Waals surface area contributed by atoms with E-state index in [0.29, 0.717) is 6.04 Å². The second kappa shape index (κ2) is 7.92. The normalized spacial score (nSPS) is 16.0. The molecule has 0 aromatic heterocycles. The molecule has 1 aliphatic carbocycles. The Morgan fingerprint density at radius 3 is 1.56 bits per heavy atom. The molecule has 0 radical (unpaired) electrons. The molecule has 0 unspecified atom stereocenters. The van der Waals surface area contributed by atoms with Gasteiger partial charge >= 0.3 is 0 Å². The minimum atomic E-state index is 0.255. The van der Waals surface area contributed by atoms with Crippen molar-refractivity contribution in [2.75, 3.05) is 4.90 Å². The van der Waals surface area contributed by atoms with Gasteiger partial charge in [0.1, 0.15) is 6.17 Å². The molecule has 1 aliphatic heterocycles. The lowest BCUT2D eigenvalue weighted by molar-refractivity contribution is 0.263. The van der Waals surface area contributed by atoms with E-state index in [4.69, 9.17) is 0 Å². The molecular weight excluding hydrogens is 412 g/mol. The van der Waals surface area contributed by atoms with E-state index in [2.05, 4.69) is 135 Å². The minimum absolute atomic E-state index is 0.255. The van der Waals surface area contributed by atoms with Gasteiger partial charge in [0.25, 0.3) is 0 Å². The van der Waals surface area contributed by atoms with Crippen molar-refractivity contribution < 1.29 is 0 Å². The second-order valence-corrected chi connectivity index (χ2v) is 9.67. The van der Waals surface area contributed by atoms with Crippen LogP contribution in [0.25, 0.3) is 44.5 Å². The third kappa shape index (κ3) is 3.02. The molecule has 0 saturated carbocycles. The average Bonchev–Trinajstić information content (AvgIpc) is 3.24. The fourth-order valence-corrected chi connectivity index (χ4v) is 5.77. The third-order valence-corrected chi connectivity index (χ3v) is 7.39. The van der Waals surface area contributed by atoms with Crippen LogP contribution >= 0.6 is 0 Å². The molecule has 6 rings (SSSR count). The maximum Gasteiger partial charge on any atom is 0.103 e. The molecule has 1 atom stereocenters. The molecular formula is C32H30N2. The highest BCUT2D eigenvalue weighted by atomic mass is 15.4. The largest absolute Gasteiger partial charge is 0.353 e. The van der Waals surface area contributed by atoms with Crippen LogP contribution in [0.5, 0.6) is 0 Å². The number of benzene rings is 4. The smallest absolute Gasteiger partial charge is 0.103 e. The molecule has 0 saturated heterocycles. The molecule has 34 heavy (non-hydrogen) atoms. The maximum absolute atomic E-state index is 2.46. The van der Waals surface area contributed by atoms with Crippen molar-refractivity contribution in [1.29, 1.82) is 0 Å². The fraction of sp³-hybridized carbons (Fsp3) is 0.188. The van der Waals surface area contributed by atoms with Gasteiger partial charge in [-0.1, -0.05) is 84.9 Å². The van der Waals surface area contributed by atoms with Gasteiger partial charge in [-0.2, -0.15) is 0 Å². The van der Waals surface area contributed by atoms with Gasteiger partial charge in [-0.15, -0.1) is 0 Å². The fourth-order valence-electron chi connectivity index (χ4n) is 5.77. The summed E-state index contributed by atoms with van der Waals surface area (Å²) in [6.07, 6.45) is 4.76. The van der Waals surface area contributed by atoms with E-state index in [9.17, 15) is 0 Å². The Kier molecular flexibility index (Phi) is 4.84. The van der Waals surface area contributed by atoms with Crippen molar-refractivity contribution in [3.05, 3.63) is 103 Å². The van der Waals surface area contributed by atoms with Gasteiger partial charge in [0.2, 0.25) is 0 Å². The van der Waals surface area contributed by atoms with Crippen molar-refractivity contribution in [3.63, 3.8) is 0 Å². The Labute approximate surface area is 202 Å². The van der Waals surface area contributed by atoms with Crippen LogP contribution in [0.4, 0.5) is 5.69 Å². The predicted octanol–water partition coefficient (Wildman–Crippen LogP) is 8.32. The van der Waals surface area contributed by atoms with Crippen molar-refractivity contribution in [1.82, 2.24) is 4.90 Å². The van der Waals surface area contributed by atoms with E-state index in [1.165, 1.54) is 55.8 Å². The molecule has 4 aromatic carbocycles. The Balaban J connectivity index is 1.72. The Morgan fingerprint density at radius 1 is 0.588 bits per heavy atom. The zero-order valence-corrected chi connectivity index (χ0v) is 20.3. The van der Waals surface area contributed by atoms with Gasteiger partial charge in [-0.05, 0) is 72.2 Å². The summed E-state index contributed by atoms with van der Waals surface area (Å²) in [5.74, 6) is 0. The van der Waals surface area contributed by atoms with E-state index in [1.54, 1.807) is 0 Å². The molecule has 0 fully saturated rings. The van der Waals surface area contributed by atoms with E-state index >= 15 is 0 Å². The zero-order valence-electron chi connectivity index (χ0n) is 20.3. The highest BCUT2D eigenvalue weighted by Gasteiger charge is 2.31. The van der Waals surface area contributed by atoms with Crippen LogP contribution < -0.4 is 4.90 Å². The molecule has 0 N–H and O–H groups in total. The molecule has 2 heteroatoms. The lowest BCUT2D eigenvalue weighted by Crippen LogP contribution is -2.40. The van der Waals surface area contributed by atoms with Crippen LogP contribution in [0.2, 0.25) is 0 Å². The number of nitrogens with zero attached hydrogens (tertiary/aromatic N) is 2. The Bertz CT molecular complexity index is 1420. The van der Waals surface area contributed by atoms with E-state index < -0.39 is 0 Å². The molecule has 0 bridgehead atoms. The van der Waals surface area contributed by atoms with Gasteiger partial charge in [0.05, 0.1) is 5.69 Å². The van der Waals surface area contributed by atoms with Crippen LogP contribution in [0.15, 0.2) is 97.3 Å². The molecule has 4 aromatic rings. The monoisotopic (exact) mass is 442 g/mol. The molecule has 2 nitrogen and oxygen atoms in total. The Hall–Kier alpha value is -3.78. The maximum atomic E-state index is 2.46. The first-order chi connectivity index (χ1) is 16.6. The number of rotatable bonds is 2.